The van der Waals surface area contributed by atoms with E-state index in [1.54, 1.807) is 37.4 Å². The van der Waals surface area contributed by atoms with Gasteiger partial charge in [-0.05, 0) is 30.2 Å². The van der Waals surface area contributed by atoms with E-state index in [1.165, 1.54) is 11.0 Å². The van der Waals surface area contributed by atoms with Crippen LogP contribution in [0.5, 0.6) is 0 Å². The Morgan fingerprint density at radius 2 is 1.86 bits per heavy atom. The number of hydrogen-bond acceptors (Lipinski definition) is 3. The second-order valence-corrected chi connectivity index (χ2v) is 4.58. The molecule has 0 heterocycles. The van der Waals surface area contributed by atoms with Crippen molar-refractivity contribution < 1.29 is 19.5 Å². The highest BCUT2D eigenvalue weighted by Crippen LogP contribution is 2.06. The molecule has 1 aromatic carbocycles. The van der Waals surface area contributed by atoms with Gasteiger partial charge in [0.1, 0.15) is 0 Å². The third-order valence-corrected chi connectivity index (χ3v) is 2.87. The van der Waals surface area contributed by atoms with E-state index < -0.39 is 11.9 Å². The fourth-order valence-corrected chi connectivity index (χ4v) is 1.63. The molecule has 0 radical (unpaired) electrons. The number of nitrogens with two attached hydrogens (primary N) is 1. The van der Waals surface area contributed by atoms with Gasteiger partial charge in [0.15, 0.2) is 0 Å². The summed E-state index contributed by atoms with van der Waals surface area (Å²) in [6.45, 7) is 0.385. The molecule has 0 aliphatic carbocycles. The Balaban J connectivity index is 2.52. The van der Waals surface area contributed by atoms with E-state index in [2.05, 4.69) is 0 Å². The van der Waals surface area contributed by atoms with E-state index >= 15 is 0 Å². The van der Waals surface area contributed by atoms with Crippen molar-refractivity contribution in [2.45, 2.75) is 12.8 Å². The molecule has 0 fully saturated rings. The molecule has 0 unspecified atom stereocenters. The van der Waals surface area contributed by atoms with E-state index in [1.807, 2.05) is 0 Å². The van der Waals surface area contributed by atoms with Crippen LogP contribution in [0.2, 0.25) is 0 Å². The van der Waals surface area contributed by atoms with E-state index in [9.17, 15) is 14.4 Å². The fraction of sp³-hybridized carbons (Fsp3) is 0.267. The molecular formula is C15H18N2O4. The van der Waals surface area contributed by atoms with Crippen LogP contribution in [0.3, 0.4) is 0 Å². The number of primary amides is 1. The number of carbonyl (C=O) groups is 3. The maximum atomic E-state index is 11.8. The van der Waals surface area contributed by atoms with Crippen LogP contribution in [0.15, 0.2) is 30.3 Å². The standard InChI is InChI=1S/C15H18N2O4/c1-17(10-2-3-14(19)20)13(18)9-6-11-4-7-12(8-5-11)15(16)21/h4-9H,2-3,10H2,1H3,(H2,16,21)(H,19,20)/b9-6+. The second kappa shape index (κ2) is 7.84. The molecule has 1 rings (SSSR count). The van der Waals surface area contributed by atoms with Crippen molar-refractivity contribution in [2.24, 2.45) is 5.73 Å². The van der Waals surface area contributed by atoms with E-state index in [0.717, 1.165) is 5.56 Å². The van der Waals surface area contributed by atoms with Crippen LogP contribution in [0, 0.1) is 0 Å². The summed E-state index contributed by atoms with van der Waals surface area (Å²) in [7, 11) is 1.62. The van der Waals surface area contributed by atoms with Crippen LogP contribution in [0.1, 0.15) is 28.8 Å². The Morgan fingerprint density at radius 3 is 2.38 bits per heavy atom. The molecule has 6 heteroatoms. The van der Waals surface area contributed by atoms with E-state index in [-0.39, 0.29) is 12.3 Å². The first-order valence-electron chi connectivity index (χ1n) is 6.45. The van der Waals surface area contributed by atoms with Crippen LogP contribution < -0.4 is 5.73 Å². The summed E-state index contributed by atoms with van der Waals surface area (Å²) in [4.78, 5) is 34.5. The van der Waals surface area contributed by atoms with Crippen LogP contribution in [-0.2, 0) is 9.59 Å². The van der Waals surface area contributed by atoms with Crippen LogP contribution in [0.25, 0.3) is 6.08 Å². The lowest BCUT2D eigenvalue weighted by Gasteiger charge is -2.13. The maximum absolute atomic E-state index is 11.8. The number of nitrogens with zero attached hydrogens (tertiary/aromatic N) is 1. The summed E-state index contributed by atoms with van der Waals surface area (Å²) in [5.41, 5.74) is 6.31. The van der Waals surface area contributed by atoms with Crippen molar-refractivity contribution in [3.63, 3.8) is 0 Å². The minimum Gasteiger partial charge on any atom is -0.481 e. The van der Waals surface area contributed by atoms with Crippen molar-refractivity contribution >= 4 is 23.9 Å². The number of benzene rings is 1. The smallest absolute Gasteiger partial charge is 0.303 e. The Morgan fingerprint density at radius 1 is 1.24 bits per heavy atom. The summed E-state index contributed by atoms with van der Waals surface area (Å²) in [5.74, 6) is -1.58. The molecule has 21 heavy (non-hydrogen) atoms. The fourth-order valence-electron chi connectivity index (χ4n) is 1.63. The van der Waals surface area contributed by atoms with Gasteiger partial charge < -0.3 is 15.7 Å². The number of hydrogen-bond donors (Lipinski definition) is 2. The number of carboxylic acid groups (broad SMARTS) is 1. The van der Waals surface area contributed by atoms with Gasteiger partial charge in [0.2, 0.25) is 11.8 Å². The topological polar surface area (TPSA) is 101 Å². The first kappa shape index (κ1) is 16.4. The third-order valence-electron chi connectivity index (χ3n) is 2.87. The average Bonchev–Trinajstić information content (AvgIpc) is 2.44. The zero-order valence-electron chi connectivity index (χ0n) is 11.8. The van der Waals surface area contributed by atoms with Crippen molar-refractivity contribution in [1.29, 1.82) is 0 Å². The molecule has 2 amide bonds. The molecule has 0 saturated carbocycles. The first-order valence-corrected chi connectivity index (χ1v) is 6.45. The molecule has 6 nitrogen and oxygen atoms in total. The van der Waals surface area contributed by atoms with Gasteiger partial charge in [-0.25, -0.2) is 0 Å². The highest BCUT2D eigenvalue weighted by atomic mass is 16.4. The largest absolute Gasteiger partial charge is 0.481 e. The molecule has 3 N–H and O–H groups in total. The summed E-state index contributed by atoms with van der Waals surface area (Å²) in [5, 5.41) is 8.53. The van der Waals surface area contributed by atoms with Gasteiger partial charge in [0.25, 0.3) is 0 Å². The van der Waals surface area contributed by atoms with Gasteiger partial charge in [-0.15, -0.1) is 0 Å². The monoisotopic (exact) mass is 290 g/mol. The predicted octanol–water partition coefficient (Wildman–Crippen LogP) is 1.12. The Hall–Kier alpha value is -2.63. The van der Waals surface area contributed by atoms with E-state index in [4.69, 9.17) is 10.8 Å². The minimum absolute atomic E-state index is 0.0376. The zero-order chi connectivity index (χ0) is 15.8. The number of carbonyl (C=O) groups excluding carboxylic acids is 2. The van der Waals surface area contributed by atoms with Gasteiger partial charge >= 0.3 is 5.97 Å². The highest BCUT2D eigenvalue weighted by Gasteiger charge is 2.06. The molecule has 0 spiro atoms. The molecule has 112 valence electrons. The SMILES string of the molecule is CN(CCCC(=O)O)C(=O)/C=C/c1ccc(C(N)=O)cc1. The molecule has 1 aromatic rings. The second-order valence-electron chi connectivity index (χ2n) is 4.58. The maximum Gasteiger partial charge on any atom is 0.303 e. The van der Waals surface area contributed by atoms with Gasteiger partial charge in [0, 0.05) is 31.7 Å². The summed E-state index contributed by atoms with van der Waals surface area (Å²) >= 11 is 0. The van der Waals surface area contributed by atoms with Gasteiger partial charge in [0.05, 0.1) is 0 Å². The Labute approximate surface area is 122 Å². The van der Waals surface area contributed by atoms with E-state index in [0.29, 0.717) is 18.5 Å². The summed E-state index contributed by atoms with van der Waals surface area (Å²) in [6.07, 6.45) is 3.48. The quantitative estimate of drug-likeness (QED) is 0.735. The zero-order valence-corrected chi connectivity index (χ0v) is 11.8. The van der Waals surface area contributed by atoms with Crippen LogP contribution in [0.4, 0.5) is 0 Å². The molecule has 0 bridgehead atoms. The normalized spacial score (nSPS) is 10.5. The molecular weight excluding hydrogens is 272 g/mol. The molecule has 0 saturated heterocycles. The number of rotatable bonds is 7. The number of aliphatic carboxylic acids is 1. The van der Waals surface area contributed by atoms with Crippen molar-refractivity contribution in [3.05, 3.63) is 41.5 Å². The Kier molecular flexibility index (Phi) is 6.13. The molecule has 0 aromatic heterocycles. The first-order chi connectivity index (χ1) is 9.90. The lowest BCUT2D eigenvalue weighted by molar-refractivity contribution is -0.137. The van der Waals surface area contributed by atoms with Gasteiger partial charge in [-0.1, -0.05) is 12.1 Å². The molecule has 0 aliphatic heterocycles. The minimum atomic E-state index is -0.874. The predicted molar refractivity (Wildman–Crippen MR) is 78.5 cm³/mol. The van der Waals surface area contributed by atoms with Crippen LogP contribution >= 0.6 is 0 Å². The Bertz CT molecular complexity index is 549. The third kappa shape index (κ3) is 5.90. The average molecular weight is 290 g/mol. The number of likely N-dealkylation sites (N-methyl/N-ethyl adjacent to an activating group) is 1. The summed E-state index contributed by atoms with van der Waals surface area (Å²) < 4.78 is 0. The lowest BCUT2D eigenvalue weighted by Crippen LogP contribution is -2.26. The van der Waals surface area contributed by atoms with Crippen molar-refractivity contribution in [1.82, 2.24) is 4.90 Å². The van der Waals surface area contributed by atoms with Gasteiger partial charge in [-0.2, -0.15) is 0 Å². The van der Waals surface area contributed by atoms with Crippen molar-refractivity contribution in [2.75, 3.05) is 13.6 Å². The lowest BCUT2D eigenvalue weighted by atomic mass is 10.1. The van der Waals surface area contributed by atoms with Gasteiger partial charge in [-0.3, -0.25) is 14.4 Å². The number of amides is 2. The number of carboxylic acids is 1. The molecule has 0 aliphatic rings. The highest BCUT2D eigenvalue weighted by molar-refractivity contribution is 5.94. The van der Waals surface area contributed by atoms with Crippen molar-refractivity contribution in [3.8, 4) is 0 Å². The summed E-state index contributed by atoms with van der Waals surface area (Å²) in [6, 6.07) is 6.55. The van der Waals surface area contributed by atoms with Crippen LogP contribution in [-0.4, -0.2) is 41.4 Å². The molecule has 0 atom stereocenters.